The fraction of sp³-hybridized carbons (Fsp3) is 0.600. The SMILES string of the molecule is CCC(C)[C@H](c1ccc(Cl)c(Cl)c1)N1CCNCC1.Cl.Cl. The Balaban J connectivity index is 0.00000200. The molecule has 0 saturated carbocycles. The van der Waals surface area contributed by atoms with Gasteiger partial charge in [0.1, 0.15) is 0 Å². The van der Waals surface area contributed by atoms with Crippen molar-refractivity contribution in [1.82, 2.24) is 10.2 Å². The monoisotopic (exact) mass is 372 g/mol. The van der Waals surface area contributed by atoms with Crippen LogP contribution in [0.4, 0.5) is 0 Å². The highest BCUT2D eigenvalue weighted by atomic mass is 35.5. The van der Waals surface area contributed by atoms with Crippen LogP contribution in [0.1, 0.15) is 31.9 Å². The van der Waals surface area contributed by atoms with Gasteiger partial charge in [0.25, 0.3) is 0 Å². The number of nitrogens with one attached hydrogen (secondary N) is 1. The predicted octanol–water partition coefficient (Wildman–Crippen LogP) is 4.83. The van der Waals surface area contributed by atoms with E-state index in [2.05, 4.69) is 30.1 Å². The number of hydrogen-bond acceptors (Lipinski definition) is 2. The highest BCUT2D eigenvalue weighted by molar-refractivity contribution is 6.42. The van der Waals surface area contributed by atoms with Gasteiger partial charge < -0.3 is 5.32 Å². The molecule has 6 heteroatoms. The van der Waals surface area contributed by atoms with Crippen molar-refractivity contribution in [2.75, 3.05) is 26.2 Å². The minimum atomic E-state index is 0. The second-order valence-corrected chi connectivity index (χ2v) is 6.10. The number of hydrogen-bond donors (Lipinski definition) is 1. The minimum absolute atomic E-state index is 0. The first-order valence-corrected chi connectivity index (χ1v) is 7.78. The van der Waals surface area contributed by atoms with Crippen LogP contribution in [0.3, 0.4) is 0 Å². The van der Waals surface area contributed by atoms with Crippen LogP contribution in [0, 0.1) is 5.92 Å². The largest absolute Gasteiger partial charge is 0.314 e. The van der Waals surface area contributed by atoms with E-state index in [4.69, 9.17) is 23.2 Å². The Morgan fingerprint density at radius 1 is 1.14 bits per heavy atom. The molecule has 2 nitrogen and oxygen atoms in total. The minimum Gasteiger partial charge on any atom is -0.314 e. The van der Waals surface area contributed by atoms with Crippen LogP contribution in [-0.2, 0) is 0 Å². The molecule has 0 bridgehead atoms. The van der Waals surface area contributed by atoms with Gasteiger partial charge in [0.2, 0.25) is 0 Å². The Morgan fingerprint density at radius 2 is 1.76 bits per heavy atom. The highest BCUT2D eigenvalue weighted by Crippen LogP contribution is 2.34. The Labute approximate surface area is 150 Å². The van der Waals surface area contributed by atoms with Gasteiger partial charge in [-0.1, -0.05) is 49.5 Å². The van der Waals surface area contributed by atoms with Crippen LogP contribution < -0.4 is 5.32 Å². The Kier molecular flexibility index (Phi) is 10.3. The Hall–Kier alpha value is 0.300. The number of piperazine rings is 1. The number of nitrogens with zero attached hydrogens (tertiary/aromatic N) is 1. The van der Waals surface area contributed by atoms with Crippen LogP contribution in [0.2, 0.25) is 10.0 Å². The number of benzene rings is 1. The summed E-state index contributed by atoms with van der Waals surface area (Å²) in [5.74, 6) is 0.607. The molecule has 1 saturated heterocycles. The molecule has 1 fully saturated rings. The average Bonchev–Trinajstić information content (AvgIpc) is 2.44. The smallest absolute Gasteiger partial charge is 0.0595 e. The van der Waals surface area contributed by atoms with Crippen molar-refractivity contribution in [3.05, 3.63) is 33.8 Å². The molecule has 1 N–H and O–H groups in total. The molecular formula is C15H24Cl4N2. The Bertz CT molecular complexity index is 422. The summed E-state index contributed by atoms with van der Waals surface area (Å²) < 4.78 is 0. The molecule has 0 radical (unpaired) electrons. The lowest BCUT2D eigenvalue weighted by molar-refractivity contribution is 0.128. The lowest BCUT2D eigenvalue weighted by Crippen LogP contribution is -2.46. The summed E-state index contributed by atoms with van der Waals surface area (Å²) in [6.07, 6.45) is 1.16. The van der Waals surface area contributed by atoms with Gasteiger partial charge in [-0.2, -0.15) is 0 Å². The van der Waals surface area contributed by atoms with Crippen molar-refractivity contribution in [2.45, 2.75) is 26.3 Å². The maximum absolute atomic E-state index is 6.18. The van der Waals surface area contributed by atoms with Gasteiger partial charge in [-0.3, -0.25) is 4.90 Å². The Morgan fingerprint density at radius 3 is 2.29 bits per heavy atom. The molecule has 1 aromatic carbocycles. The summed E-state index contributed by atoms with van der Waals surface area (Å²) in [7, 11) is 0. The summed E-state index contributed by atoms with van der Waals surface area (Å²) in [6, 6.07) is 6.49. The molecule has 1 aromatic rings. The lowest BCUT2D eigenvalue weighted by Gasteiger charge is -2.38. The maximum atomic E-state index is 6.18. The van der Waals surface area contributed by atoms with Crippen molar-refractivity contribution >= 4 is 48.0 Å². The van der Waals surface area contributed by atoms with E-state index in [0.29, 0.717) is 22.0 Å². The summed E-state index contributed by atoms with van der Waals surface area (Å²) in [5.41, 5.74) is 1.28. The number of halogens is 4. The summed E-state index contributed by atoms with van der Waals surface area (Å²) in [4.78, 5) is 2.56. The zero-order valence-electron chi connectivity index (χ0n) is 12.4. The standard InChI is InChI=1S/C15H22Cl2N2.2ClH/c1-3-11(2)15(19-8-6-18-7-9-19)12-4-5-13(16)14(17)10-12;;/h4-5,10-11,15,18H,3,6-9H2,1-2H3;2*1H/t11?,15-;;/m1../s1. The van der Waals surface area contributed by atoms with E-state index in [0.717, 1.165) is 32.6 Å². The zero-order chi connectivity index (χ0) is 13.8. The second-order valence-electron chi connectivity index (χ2n) is 5.29. The van der Waals surface area contributed by atoms with E-state index in [1.54, 1.807) is 0 Å². The number of rotatable bonds is 4. The lowest BCUT2D eigenvalue weighted by atomic mass is 9.90. The van der Waals surface area contributed by atoms with E-state index in [9.17, 15) is 0 Å². The first-order chi connectivity index (χ1) is 9.13. The molecule has 1 heterocycles. The fourth-order valence-corrected chi connectivity index (χ4v) is 3.09. The van der Waals surface area contributed by atoms with Crippen molar-refractivity contribution < 1.29 is 0 Å². The molecular weight excluding hydrogens is 350 g/mol. The van der Waals surface area contributed by atoms with Gasteiger partial charge in [-0.05, 0) is 23.6 Å². The molecule has 21 heavy (non-hydrogen) atoms. The van der Waals surface area contributed by atoms with Crippen molar-refractivity contribution in [3.8, 4) is 0 Å². The van der Waals surface area contributed by atoms with Crippen LogP contribution >= 0.6 is 48.0 Å². The molecule has 2 atom stereocenters. The highest BCUT2D eigenvalue weighted by Gasteiger charge is 2.26. The molecule has 2 rings (SSSR count). The van der Waals surface area contributed by atoms with Crippen LogP contribution in [0.5, 0.6) is 0 Å². The normalized spacial score (nSPS) is 18.3. The third-order valence-electron chi connectivity index (χ3n) is 4.01. The van der Waals surface area contributed by atoms with Crippen molar-refractivity contribution in [2.24, 2.45) is 5.92 Å². The quantitative estimate of drug-likeness (QED) is 0.812. The van der Waals surface area contributed by atoms with E-state index >= 15 is 0 Å². The van der Waals surface area contributed by atoms with E-state index in [1.165, 1.54) is 5.56 Å². The van der Waals surface area contributed by atoms with E-state index in [-0.39, 0.29) is 24.8 Å². The van der Waals surface area contributed by atoms with Crippen LogP contribution in [0.15, 0.2) is 18.2 Å². The fourth-order valence-electron chi connectivity index (χ4n) is 2.78. The van der Waals surface area contributed by atoms with Crippen LogP contribution in [0.25, 0.3) is 0 Å². The predicted molar refractivity (Wildman–Crippen MR) is 97.6 cm³/mol. The summed E-state index contributed by atoms with van der Waals surface area (Å²) in [5, 5.41) is 4.70. The van der Waals surface area contributed by atoms with Gasteiger partial charge in [0.05, 0.1) is 10.0 Å². The zero-order valence-corrected chi connectivity index (χ0v) is 15.6. The van der Waals surface area contributed by atoms with Crippen molar-refractivity contribution in [3.63, 3.8) is 0 Å². The average molecular weight is 374 g/mol. The molecule has 1 aliphatic rings. The van der Waals surface area contributed by atoms with Gasteiger partial charge in [-0.15, -0.1) is 24.8 Å². The summed E-state index contributed by atoms with van der Waals surface area (Å²) in [6.45, 7) is 8.87. The van der Waals surface area contributed by atoms with Crippen LogP contribution in [-0.4, -0.2) is 31.1 Å². The third kappa shape index (κ3) is 5.46. The summed E-state index contributed by atoms with van der Waals surface area (Å²) >= 11 is 12.2. The first kappa shape index (κ1) is 21.3. The topological polar surface area (TPSA) is 15.3 Å². The van der Waals surface area contributed by atoms with Gasteiger partial charge in [0, 0.05) is 32.2 Å². The third-order valence-corrected chi connectivity index (χ3v) is 4.75. The first-order valence-electron chi connectivity index (χ1n) is 7.03. The second kappa shape index (κ2) is 10.1. The molecule has 122 valence electrons. The van der Waals surface area contributed by atoms with E-state index in [1.807, 2.05) is 12.1 Å². The molecule has 0 aliphatic carbocycles. The van der Waals surface area contributed by atoms with Gasteiger partial charge >= 0.3 is 0 Å². The molecule has 0 aromatic heterocycles. The molecule has 1 unspecified atom stereocenters. The van der Waals surface area contributed by atoms with E-state index < -0.39 is 0 Å². The van der Waals surface area contributed by atoms with Crippen molar-refractivity contribution in [1.29, 1.82) is 0 Å². The molecule has 1 aliphatic heterocycles. The molecule has 0 amide bonds. The van der Waals surface area contributed by atoms with Gasteiger partial charge in [0.15, 0.2) is 0 Å². The maximum Gasteiger partial charge on any atom is 0.0595 e. The molecule has 0 spiro atoms. The van der Waals surface area contributed by atoms with Gasteiger partial charge in [-0.25, -0.2) is 0 Å².